The summed E-state index contributed by atoms with van der Waals surface area (Å²) in [5, 5.41) is 25.0. The summed E-state index contributed by atoms with van der Waals surface area (Å²) in [4.78, 5) is 77.6. The van der Waals surface area contributed by atoms with E-state index >= 15 is 0 Å². The van der Waals surface area contributed by atoms with E-state index in [4.69, 9.17) is 9.72 Å². The number of piperidine rings is 2. The Kier molecular flexibility index (Phi) is 13.3. The summed E-state index contributed by atoms with van der Waals surface area (Å²) < 4.78 is 9.22. The van der Waals surface area contributed by atoms with Crippen molar-refractivity contribution in [1.29, 1.82) is 0 Å². The highest BCUT2D eigenvalue weighted by Gasteiger charge is 2.32. The fourth-order valence-electron chi connectivity index (χ4n) is 10.3. The number of para-hydroxylation sites is 1. The number of nitrogens with zero attached hydrogens (tertiary/aromatic N) is 6. The third kappa shape index (κ3) is 10.2. The monoisotopic (exact) mass is 973 g/mol. The van der Waals surface area contributed by atoms with Crippen LogP contribution in [0.3, 0.4) is 0 Å². The van der Waals surface area contributed by atoms with Gasteiger partial charge in [0.1, 0.15) is 11.6 Å². The average Bonchev–Trinajstić information content (AvgIpc) is 3.92. The fourth-order valence-corrected chi connectivity index (χ4v) is 11.1. The second-order valence-electron chi connectivity index (χ2n) is 19.1. The van der Waals surface area contributed by atoms with Crippen LogP contribution in [0.4, 0.5) is 16.6 Å². The number of imide groups is 1. The van der Waals surface area contributed by atoms with E-state index in [0.29, 0.717) is 83.2 Å². The molecular weight excluding hydrogens is 919 g/mol. The molecule has 10 rings (SSSR count). The average molecular weight is 974 g/mol. The number of aryl methyl sites for hydroxylation is 2. The number of hydrogen-bond acceptors (Lipinski definition) is 12. The summed E-state index contributed by atoms with van der Waals surface area (Å²) in [6.45, 7) is 7.48. The molecule has 4 N–H and O–H groups in total. The van der Waals surface area contributed by atoms with Crippen molar-refractivity contribution < 1.29 is 33.8 Å². The van der Waals surface area contributed by atoms with Crippen molar-refractivity contribution in [3.63, 3.8) is 0 Å². The molecule has 0 aliphatic carbocycles. The van der Waals surface area contributed by atoms with Crippen LogP contribution in [0.1, 0.15) is 88.2 Å². The molecule has 0 spiro atoms. The van der Waals surface area contributed by atoms with Gasteiger partial charge in [0.2, 0.25) is 17.7 Å². The second-order valence-corrected chi connectivity index (χ2v) is 20.1. The number of carbonyl (C=O) groups is 5. The van der Waals surface area contributed by atoms with E-state index in [2.05, 4.69) is 37.9 Å². The molecule has 4 aromatic carbocycles. The smallest absolute Gasteiger partial charge is 0.355 e. The highest BCUT2D eigenvalue weighted by atomic mass is 32.1. The number of pyridine rings is 1. The lowest BCUT2D eigenvalue weighted by Crippen LogP contribution is -2.39. The Balaban J connectivity index is 0.737. The van der Waals surface area contributed by atoms with Crippen LogP contribution < -0.4 is 25.6 Å². The molecule has 2 saturated heterocycles. The molecule has 0 radical (unpaired) electrons. The molecule has 364 valence electrons. The number of carboxylic acids is 1. The lowest BCUT2D eigenvalue weighted by atomic mass is 9.88. The number of benzene rings is 4. The van der Waals surface area contributed by atoms with Gasteiger partial charge in [-0.2, -0.15) is 5.10 Å². The first kappa shape index (κ1) is 47.2. The third-order valence-electron chi connectivity index (χ3n) is 13.9. The van der Waals surface area contributed by atoms with Crippen molar-refractivity contribution in [2.75, 3.05) is 48.3 Å². The third-order valence-corrected chi connectivity index (χ3v) is 14.9. The Labute approximate surface area is 414 Å². The van der Waals surface area contributed by atoms with E-state index in [-0.39, 0.29) is 48.2 Å². The van der Waals surface area contributed by atoms with Gasteiger partial charge in [0.25, 0.3) is 5.91 Å². The Morgan fingerprint density at radius 3 is 2.52 bits per heavy atom. The molecule has 16 nitrogen and oxygen atoms in total. The minimum absolute atomic E-state index is 0.0764. The highest BCUT2D eigenvalue weighted by Crippen LogP contribution is 2.37. The van der Waals surface area contributed by atoms with Gasteiger partial charge in [0.05, 0.1) is 40.5 Å². The molecule has 3 aliphatic rings. The number of rotatable bonds is 14. The quantitative estimate of drug-likeness (QED) is 0.0761. The topological polar surface area (TPSA) is 201 Å². The zero-order valence-electron chi connectivity index (χ0n) is 39.9. The number of ether oxygens (including phenoxy) is 1. The van der Waals surface area contributed by atoms with Crippen LogP contribution in [-0.2, 0) is 34.4 Å². The van der Waals surface area contributed by atoms with Crippen LogP contribution in [0.15, 0.2) is 91.0 Å². The van der Waals surface area contributed by atoms with Crippen LogP contribution >= 0.6 is 11.3 Å². The summed E-state index contributed by atoms with van der Waals surface area (Å²) in [5.41, 5.74) is 7.41. The number of anilines is 3. The van der Waals surface area contributed by atoms with Gasteiger partial charge in [0, 0.05) is 54.3 Å². The van der Waals surface area contributed by atoms with Crippen LogP contribution in [-0.4, -0.2) is 92.1 Å². The molecule has 71 heavy (non-hydrogen) atoms. The first-order chi connectivity index (χ1) is 34.3. The maximum atomic E-state index is 13.7. The van der Waals surface area contributed by atoms with Gasteiger partial charge in [-0.15, -0.1) is 0 Å². The molecule has 7 aromatic rings. The van der Waals surface area contributed by atoms with Gasteiger partial charge in [-0.25, -0.2) is 14.8 Å². The molecule has 17 heteroatoms. The number of amides is 4. The van der Waals surface area contributed by atoms with E-state index in [1.54, 1.807) is 11.7 Å². The molecule has 0 bridgehead atoms. The number of thiazole rings is 1. The Morgan fingerprint density at radius 1 is 0.901 bits per heavy atom. The van der Waals surface area contributed by atoms with E-state index in [1.807, 2.05) is 103 Å². The maximum Gasteiger partial charge on any atom is 0.355 e. The number of likely N-dealkylation sites (tertiary alicyclic amines) is 1. The van der Waals surface area contributed by atoms with E-state index in [0.717, 1.165) is 70.2 Å². The van der Waals surface area contributed by atoms with Crippen molar-refractivity contribution in [1.82, 2.24) is 30.0 Å². The summed E-state index contributed by atoms with van der Waals surface area (Å²) in [6.07, 6.45) is 4.22. The Hall–Kier alpha value is -7.50. The number of aromatic carboxylic acids is 1. The van der Waals surface area contributed by atoms with Crippen molar-refractivity contribution in [3.8, 4) is 16.9 Å². The second kappa shape index (κ2) is 20.1. The van der Waals surface area contributed by atoms with Gasteiger partial charge in [-0.1, -0.05) is 54.7 Å². The predicted molar refractivity (Wildman–Crippen MR) is 273 cm³/mol. The van der Waals surface area contributed by atoms with E-state index in [9.17, 15) is 29.1 Å². The van der Waals surface area contributed by atoms with Gasteiger partial charge >= 0.3 is 5.97 Å². The summed E-state index contributed by atoms with van der Waals surface area (Å²) >= 11 is 1.42. The minimum Gasteiger partial charge on any atom is -0.493 e. The maximum absolute atomic E-state index is 13.7. The molecule has 2 fully saturated rings. The van der Waals surface area contributed by atoms with Crippen LogP contribution in [0, 0.1) is 18.8 Å². The summed E-state index contributed by atoms with van der Waals surface area (Å²) in [5.74, 6) is -0.791. The molecular formula is C54H55N9O7S. The number of fused-ring (bicyclic) bond motifs is 3. The first-order valence-electron chi connectivity index (χ1n) is 24.2. The highest BCUT2D eigenvalue weighted by molar-refractivity contribution is 7.22. The van der Waals surface area contributed by atoms with Crippen LogP contribution in [0.5, 0.6) is 5.75 Å². The van der Waals surface area contributed by atoms with Crippen molar-refractivity contribution in [2.24, 2.45) is 18.9 Å². The van der Waals surface area contributed by atoms with Crippen LogP contribution in [0.2, 0.25) is 0 Å². The number of nitrogens with one attached hydrogen (secondary N) is 3. The summed E-state index contributed by atoms with van der Waals surface area (Å²) in [7, 11) is 1.80. The molecule has 3 aromatic heterocycles. The van der Waals surface area contributed by atoms with Gasteiger partial charge < -0.3 is 20.1 Å². The molecule has 0 saturated carbocycles. The number of carbonyl (C=O) groups excluding carboxylic acids is 4. The lowest BCUT2D eigenvalue weighted by molar-refractivity contribution is -0.134. The standard InChI is InChI=1S/C54H55N9O7S/c1-31-11-13-36(37-15-17-46(57-50(37)53(68)69)63-24-21-34-7-6-8-38(41(34)28-63)51(66)59-54-56-42-9-4-5-10-45(42)71-54)44(26-31)70-30-32(2)25-33-19-22-62(23-20-33)29-48(65)55-35-12-14-39-43(27-35)61(3)60-49(39)40-16-18-47(64)58-52(40)67/h4-15,17,26-27,32-33,40H,16,18-25,28-30H2,1-3H3,(H,55,65)(H,68,69)(H,56,59,66)(H,58,64,67)/t32-,40-/m1/s1. The molecule has 0 unspecified atom stereocenters. The van der Waals surface area contributed by atoms with Crippen molar-refractivity contribution in [3.05, 3.63) is 125 Å². The zero-order valence-corrected chi connectivity index (χ0v) is 40.7. The predicted octanol–water partition coefficient (Wildman–Crippen LogP) is 8.34. The molecule has 6 heterocycles. The largest absolute Gasteiger partial charge is 0.493 e. The normalized spacial score (nSPS) is 16.9. The number of carboxylic acid groups (broad SMARTS) is 1. The van der Waals surface area contributed by atoms with Crippen molar-refractivity contribution in [2.45, 2.75) is 64.8 Å². The Bertz CT molecular complexity index is 3200. The number of aromatic nitrogens is 4. The van der Waals surface area contributed by atoms with Gasteiger partial charge in [0.15, 0.2) is 10.8 Å². The molecule has 3 aliphatic heterocycles. The number of hydrogen-bond donors (Lipinski definition) is 4. The van der Waals surface area contributed by atoms with E-state index < -0.39 is 11.9 Å². The first-order valence-corrected chi connectivity index (χ1v) is 25.0. The lowest BCUT2D eigenvalue weighted by Gasteiger charge is -2.32. The van der Waals surface area contributed by atoms with Gasteiger partial charge in [-0.3, -0.25) is 39.4 Å². The van der Waals surface area contributed by atoms with Gasteiger partial charge in [-0.05, 0) is 135 Å². The minimum atomic E-state index is -1.15. The SMILES string of the molecule is Cc1ccc(-c2ccc(N3CCc4cccc(C(=O)Nc5nc6ccccc6s5)c4C3)nc2C(=O)O)c(OC[C@H](C)CC2CCN(CC(=O)Nc3ccc4c([C@H]5CCC(=O)NC5=O)nn(C)c4c3)CC2)c1. The molecule has 2 atom stereocenters. The van der Waals surface area contributed by atoms with Crippen molar-refractivity contribution >= 4 is 78.7 Å². The van der Waals surface area contributed by atoms with E-state index in [1.165, 1.54) is 11.3 Å². The Morgan fingerprint density at radius 2 is 1.72 bits per heavy atom. The fraction of sp³-hybridized carbons (Fsp3) is 0.333. The summed E-state index contributed by atoms with van der Waals surface area (Å²) in [6, 6.07) is 28.5. The zero-order chi connectivity index (χ0) is 49.3. The molecule has 4 amide bonds. The van der Waals surface area contributed by atoms with Crippen LogP contribution in [0.25, 0.3) is 32.2 Å².